The lowest BCUT2D eigenvalue weighted by atomic mass is 9.90. The molecule has 158 valence electrons. The Morgan fingerprint density at radius 2 is 1.71 bits per heavy atom. The lowest BCUT2D eigenvalue weighted by Gasteiger charge is -2.22. The van der Waals surface area contributed by atoms with E-state index >= 15 is 0 Å². The molecule has 3 aromatic rings. The monoisotopic (exact) mass is 418 g/mol. The molecule has 1 fully saturated rings. The number of carbonyl (C=O) groups is 3. The molecule has 1 saturated heterocycles. The molecule has 1 aliphatic heterocycles. The van der Waals surface area contributed by atoms with E-state index in [9.17, 15) is 14.4 Å². The molecule has 1 N–H and O–H groups in total. The fourth-order valence-electron chi connectivity index (χ4n) is 3.80. The molecule has 0 aromatic heterocycles. The Morgan fingerprint density at radius 1 is 0.968 bits per heavy atom. The van der Waals surface area contributed by atoms with Crippen LogP contribution in [0, 0.1) is 0 Å². The molecule has 1 heterocycles. The van der Waals surface area contributed by atoms with E-state index in [0.717, 1.165) is 15.7 Å². The van der Waals surface area contributed by atoms with Gasteiger partial charge in [0.15, 0.2) is 5.78 Å². The van der Waals surface area contributed by atoms with Crippen molar-refractivity contribution in [2.24, 2.45) is 0 Å². The molecule has 1 atom stereocenters. The van der Waals surface area contributed by atoms with Crippen molar-refractivity contribution in [1.29, 1.82) is 0 Å². The molecule has 7 nitrogen and oxygen atoms in total. The standard InChI is InChI=1S/C24H22N2O5/c1-24(17-9-8-15-6-4-5-7-16(15)12-17)22(28)26(23(29)25-24)14-20(27)19-13-18(30-2)10-11-21(19)31-3/h4-13H,14H2,1-3H3,(H,25,29)/t24-/m1/s1. The van der Waals surface area contributed by atoms with E-state index in [1.54, 1.807) is 19.1 Å². The zero-order valence-corrected chi connectivity index (χ0v) is 17.5. The molecule has 0 saturated carbocycles. The van der Waals surface area contributed by atoms with Gasteiger partial charge in [-0.25, -0.2) is 4.79 Å². The number of methoxy groups -OCH3 is 2. The second-order valence-corrected chi connectivity index (χ2v) is 7.50. The number of benzene rings is 3. The van der Waals surface area contributed by atoms with Crippen molar-refractivity contribution in [3.63, 3.8) is 0 Å². The van der Waals surface area contributed by atoms with E-state index < -0.39 is 29.8 Å². The maximum atomic E-state index is 13.3. The molecule has 0 radical (unpaired) electrons. The van der Waals surface area contributed by atoms with Crippen LogP contribution in [0.3, 0.4) is 0 Å². The van der Waals surface area contributed by atoms with Crippen LogP contribution in [-0.2, 0) is 10.3 Å². The van der Waals surface area contributed by atoms with Crippen LogP contribution in [0.5, 0.6) is 11.5 Å². The third kappa shape index (κ3) is 3.48. The van der Waals surface area contributed by atoms with Crippen LogP contribution in [0.15, 0.2) is 60.7 Å². The lowest BCUT2D eigenvalue weighted by Crippen LogP contribution is -2.41. The summed E-state index contributed by atoms with van der Waals surface area (Å²) >= 11 is 0. The summed E-state index contributed by atoms with van der Waals surface area (Å²) in [4.78, 5) is 39.8. The SMILES string of the molecule is COc1ccc(OC)c(C(=O)CN2C(=O)N[C@](C)(c3ccc4ccccc4c3)C2=O)c1. The predicted molar refractivity (Wildman–Crippen MR) is 115 cm³/mol. The highest BCUT2D eigenvalue weighted by molar-refractivity contribution is 6.12. The first kappa shape index (κ1) is 20.4. The number of urea groups is 1. The molecule has 0 aliphatic carbocycles. The molecule has 1 aliphatic rings. The van der Waals surface area contributed by atoms with Gasteiger partial charge in [0.2, 0.25) is 0 Å². The summed E-state index contributed by atoms with van der Waals surface area (Å²) in [6.45, 7) is 1.24. The van der Waals surface area contributed by atoms with Crippen LogP contribution in [0.2, 0.25) is 0 Å². The highest BCUT2D eigenvalue weighted by Crippen LogP contribution is 2.32. The van der Waals surface area contributed by atoms with Gasteiger partial charge in [0.25, 0.3) is 5.91 Å². The van der Waals surface area contributed by atoms with Gasteiger partial charge >= 0.3 is 6.03 Å². The fourth-order valence-corrected chi connectivity index (χ4v) is 3.80. The number of hydrogen-bond donors (Lipinski definition) is 1. The van der Waals surface area contributed by atoms with Gasteiger partial charge < -0.3 is 14.8 Å². The number of nitrogens with zero attached hydrogens (tertiary/aromatic N) is 1. The van der Waals surface area contributed by atoms with Crippen LogP contribution in [0.1, 0.15) is 22.8 Å². The Labute approximate surface area is 179 Å². The van der Waals surface area contributed by atoms with Gasteiger partial charge in [0.1, 0.15) is 17.0 Å². The lowest BCUT2D eigenvalue weighted by molar-refractivity contribution is -0.130. The second-order valence-electron chi connectivity index (χ2n) is 7.50. The third-order valence-electron chi connectivity index (χ3n) is 5.61. The Balaban J connectivity index is 1.63. The first-order valence-electron chi connectivity index (χ1n) is 9.76. The summed E-state index contributed by atoms with van der Waals surface area (Å²) in [5.74, 6) is -0.0949. The van der Waals surface area contributed by atoms with Crippen molar-refractivity contribution in [3.8, 4) is 11.5 Å². The number of fused-ring (bicyclic) bond motifs is 1. The summed E-state index contributed by atoms with van der Waals surface area (Å²) in [6.07, 6.45) is 0. The highest BCUT2D eigenvalue weighted by atomic mass is 16.5. The number of ketones is 1. The second kappa shape index (κ2) is 7.75. The maximum absolute atomic E-state index is 13.3. The number of imide groups is 1. The van der Waals surface area contributed by atoms with Crippen molar-refractivity contribution in [2.45, 2.75) is 12.5 Å². The summed E-state index contributed by atoms with van der Waals surface area (Å²) in [5, 5.41) is 4.74. The third-order valence-corrected chi connectivity index (χ3v) is 5.61. The predicted octanol–water partition coefficient (Wildman–Crippen LogP) is 3.51. The minimum absolute atomic E-state index is 0.238. The number of nitrogens with one attached hydrogen (secondary N) is 1. The van der Waals surface area contributed by atoms with E-state index in [1.165, 1.54) is 20.3 Å². The summed E-state index contributed by atoms with van der Waals surface area (Å²) < 4.78 is 10.4. The summed E-state index contributed by atoms with van der Waals surface area (Å²) in [7, 11) is 2.94. The smallest absolute Gasteiger partial charge is 0.325 e. The normalized spacial score (nSPS) is 18.2. The van der Waals surface area contributed by atoms with Crippen LogP contribution < -0.4 is 14.8 Å². The minimum Gasteiger partial charge on any atom is -0.497 e. The molecule has 3 amide bonds. The number of ether oxygens (including phenoxy) is 2. The molecule has 0 unspecified atom stereocenters. The summed E-state index contributed by atoms with van der Waals surface area (Å²) in [5.41, 5.74) is -0.375. The first-order chi connectivity index (χ1) is 14.9. The Hall–Kier alpha value is -3.87. The summed E-state index contributed by atoms with van der Waals surface area (Å²) in [6, 6.07) is 17.6. The minimum atomic E-state index is -1.26. The number of carbonyl (C=O) groups excluding carboxylic acids is 3. The number of rotatable bonds is 6. The fraction of sp³-hybridized carbons (Fsp3) is 0.208. The van der Waals surface area contributed by atoms with Crippen molar-refractivity contribution in [2.75, 3.05) is 20.8 Å². The average Bonchev–Trinajstić information content (AvgIpc) is 3.02. The number of amides is 3. The van der Waals surface area contributed by atoms with E-state index in [2.05, 4.69) is 5.32 Å². The Kier molecular flexibility index (Phi) is 5.10. The van der Waals surface area contributed by atoms with Gasteiger partial charge in [-0.2, -0.15) is 0 Å². The molecule has 7 heteroatoms. The highest BCUT2D eigenvalue weighted by Gasteiger charge is 2.49. The van der Waals surface area contributed by atoms with E-state index in [0.29, 0.717) is 17.1 Å². The van der Waals surface area contributed by atoms with Gasteiger partial charge in [-0.1, -0.05) is 36.4 Å². The zero-order valence-electron chi connectivity index (χ0n) is 17.5. The van der Waals surface area contributed by atoms with Crippen LogP contribution >= 0.6 is 0 Å². The van der Waals surface area contributed by atoms with Gasteiger partial charge in [0.05, 0.1) is 26.3 Å². The molecule has 4 rings (SSSR count). The maximum Gasteiger partial charge on any atom is 0.325 e. The molecule has 0 bridgehead atoms. The quantitative estimate of drug-likeness (QED) is 0.489. The van der Waals surface area contributed by atoms with Gasteiger partial charge in [-0.3, -0.25) is 14.5 Å². The zero-order chi connectivity index (χ0) is 22.2. The van der Waals surface area contributed by atoms with Gasteiger partial charge in [-0.15, -0.1) is 0 Å². The molecule has 31 heavy (non-hydrogen) atoms. The number of hydrogen-bond acceptors (Lipinski definition) is 5. The number of Topliss-reactive ketones (excluding diaryl/α,β-unsaturated/α-hetero) is 1. The molecular formula is C24H22N2O5. The first-order valence-corrected chi connectivity index (χ1v) is 9.76. The van der Waals surface area contributed by atoms with Gasteiger partial charge in [-0.05, 0) is 47.5 Å². The van der Waals surface area contributed by atoms with Crippen LogP contribution in [-0.4, -0.2) is 43.4 Å². The van der Waals surface area contributed by atoms with Crippen molar-refractivity contribution in [3.05, 3.63) is 71.8 Å². The Bertz CT molecular complexity index is 1210. The van der Waals surface area contributed by atoms with E-state index in [-0.39, 0.29) is 5.56 Å². The van der Waals surface area contributed by atoms with Crippen molar-refractivity contribution >= 4 is 28.5 Å². The molecular weight excluding hydrogens is 396 g/mol. The van der Waals surface area contributed by atoms with Crippen LogP contribution in [0.25, 0.3) is 10.8 Å². The van der Waals surface area contributed by atoms with Crippen molar-refractivity contribution in [1.82, 2.24) is 10.2 Å². The molecule has 3 aromatic carbocycles. The Morgan fingerprint density at radius 3 is 2.42 bits per heavy atom. The molecule has 0 spiro atoms. The van der Waals surface area contributed by atoms with Gasteiger partial charge in [0, 0.05) is 0 Å². The average molecular weight is 418 g/mol. The van der Waals surface area contributed by atoms with E-state index in [1.807, 2.05) is 42.5 Å². The van der Waals surface area contributed by atoms with E-state index in [4.69, 9.17) is 9.47 Å². The van der Waals surface area contributed by atoms with Crippen molar-refractivity contribution < 1.29 is 23.9 Å². The van der Waals surface area contributed by atoms with Crippen LogP contribution in [0.4, 0.5) is 4.79 Å². The largest absolute Gasteiger partial charge is 0.497 e. The topological polar surface area (TPSA) is 84.9 Å².